The van der Waals surface area contributed by atoms with Gasteiger partial charge in [-0.25, -0.2) is 8.78 Å². The maximum atomic E-state index is 14.4. The fraction of sp³-hybridized carbons (Fsp3) is 0.0164. The first-order valence-corrected chi connectivity index (χ1v) is 22.0. The average Bonchev–Trinajstić information content (AvgIpc) is 3.69. The highest BCUT2D eigenvalue weighted by Gasteiger charge is 2.49. The van der Waals surface area contributed by atoms with Crippen LogP contribution >= 0.6 is 0 Å². The minimum atomic E-state index is -0.732. The molecule has 0 aliphatic heterocycles. The van der Waals surface area contributed by atoms with Crippen LogP contribution < -0.4 is 9.80 Å². The smallest absolute Gasteiger partial charge is 0.123 e. The third-order valence-corrected chi connectivity index (χ3v) is 13.2. The molecule has 0 saturated heterocycles. The van der Waals surface area contributed by atoms with Gasteiger partial charge in [-0.3, -0.25) is 0 Å². The van der Waals surface area contributed by atoms with Gasteiger partial charge in [0.2, 0.25) is 0 Å². The van der Waals surface area contributed by atoms with Gasteiger partial charge in [-0.15, -0.1) is 0 Å². The molecule has 4 heteroatoms. The van der Waals surface area contributed by atoms with Crippen LogP contribution in [0.5, 0.6) is 0 Å². The van der Waals surface area contributed by atoms with Crippen molar-refractivity contribution in [2.75, 3.05) is 9.80 Å². The molecule has 11 aromatic rings. The van der Waals surface area contributed by atoms with Gasteiger partial charge in [0, 0.05) is 34.1 Å². The van der Waals surface area contributed by atoms with Crippen LogP contribution in [0.1, 0.15) is 22.3 Å². The van der Waals surface area contributed by atoms with E-state index in [0.717, 1.165) is 61.1 Å². The molecule has 0 heterocycles. The van der Waals surface area contributed by atoms with Crippen molar-refractivity contribution in [2.45, 2.75) is 5.41 Å². The van der Waals surface area contributed by atoms with Crippen molar-refractivity contribution in [1.82, 2.24) is 0 Å². The van der Waals surface area contributed by atoms with E-state index in [-0.39, 0.29) is 11.6 Å². The average molecular weight is 839 g/mol. The Balaban J connectivity index is 1.17. The van der Waals surface area contributed by atoms with Crippen LogP contribution in [0.2, 0.25) is 0 Å². The standard InChI is InChI=1S/C61H40F2N2/c62-44-26-30-48(31-27-44)64(46-19-9-3-10-20-46)50-34-37-52-41(39-50)25-36-56-58-54-24-14-13-23-53(54)57-40-51(65(47-21-11-4-12-22-47)49-32-28-45(63)29-33-49)35-38-55(57)60(58)61(59(52)56,42-15-5-1-6-16-42)43-17-7-2-8-18-43/h1-40H. The summed E-state index contributed by atoms with van der Waals surface area (Å²) in [7, 11) is 0. The monoisotopic (exact) mass is 838 g/mol. The molecule has 0 spiro atoms. The van der Waals surface area contributed by atoms with Crippen molar-refractivity contribution in [3.63, 3.8) is 0 Å². The highest BCUT2D eigenvalue weighted by Crippen LogP contribution is 2.62. The lowest BCUT2D eigenvalue weighted by molar-refractivity contribution is 0.627. The molecule has 0 bridgehead atoms. The van der Waals surface area contributed by atoms with E-state index in [1.807, 2.05) is 60.7 Å². The number of halogens is 2. The van der Waals surface area contributed by atoms with Gasteiger partial charge in [0.25, 0.3) is 0 Å². The summed E-state index contributed by atoms with van der Waals surface area (Å²) in [6.45, 7) is 0. The molecule has 65 heavy (non-hydrogen) atoms. The number of hydrogen-bond donors (Lipinski definition) is 0. The second-order valence-electron chi connectivity index (χ2n) is 16.7. The number of nitrogens with zero attached hydrogens (tertiary/aromatic N) is 2. The Hall–Kier alpha value is -8.34. The maximum absolute atomic E-state index is 14.4. The number of fused-ring (bicyclic) bond motifs is 10. The van der Waals surface area contributed by atoms with Crippen LogP contribution in [0.15, 0.2) is 243 Å². The summed E-state index contributed by atoms with van der Waals surface area (Å²) in [5.41, 5.74) is 12.2. The van der Waals surface area contributed by atoms with E-state index in [1.165, 1.54) is 63.0 Å². The molecule has 0 atom stereocenters. The quantitative estimate of drug-likeness (QED) is 0.141. The minimum absolute atomic E-state index is 0.272. The first kappa shape index (κ1) is 38.3. The lowest BCUT2D eigenvalue weighted by atomic mass is 9.65. The van der Waals surface area contributed by atoms with E-state index in [2.05, 4.69) is 168 Å². The van der Waals surface area contributed by atoms with Crippen LogP contribution in [-0.2, 0) is 5.41 Å². The molecule has 0 saturated carbocycles. The molecule has 11 aromatic carbocycles. The van der Waals surface area contributed by atoms with Crippen molar-refractivity contribution < 1.29 is 8.78 Å². The molecule has 0 N–H and O–H groups in total. The van der Waals surface area contributed by atoms with E-state index in [9.17, 15) is 8.78 Å². The Labute approximate surface area is 376 Å². The molecule has 0 fully saturated rings. The van der Waals surface area contributed by atoms with Crippen LogP contribution in [-0.4, -0.2) is 0 Å². The fourth-order valence-corrected chi connectivity index (χ4v) is 10.5. The van der Waals surface area contributed by atoms with Gasteiger partial charge in [0.1, 0.15) is 11.6 Å². The van der Waals surface area contributed by atoms with Crippen LogP contribution in [0.4, 0.5) is 42.9 Å². The van der Waals surface area contributed by atoms with Crippen molar-refractivity contribution in [1.29, 1.82) is 0 Å². The van der Waals surface area contributed by atoms with Crippen LogP contribution in [0, 0.1) is 11.6 Å². The van der Waals surface area contributed by atoms with Gasteiger partial charge in [-0.2, -0.15) is 0 Å². The Bertz CT molecular complexity index is 3500. The zero-order valence-corrected chi connectivity index (χ0v) is 35.2. The molecule has 2 nitrogen and oxygen atoms in total. The summed E-state index contributed by atoms with van der Waals surface area (Å²) >= 11 is 0. The molecule has 0 unspecified atom stereocenters. The summed E-state index contributed by atoms with van der Waals surface area (Å²) in [4.78, 5) is 4.39. The van der Waals surface area contributed by atoms with E-state index >= 15 is 0 Å². The van der Waals surface area contributed by atoms with Gasteiger partial charge in [0.05, 0.1) is 5.41 Å². The lowest BCUT2D eigenvalue weighted by Gasteiger charge is -2.36. The van der Waals surface area contributed by atoms with Crippen LogP contribution in [0.3, 0.4) is 0 Å². The molecule has 12 rings (SSSR count). The van der Waals surface area contributed by atoms with Gasteiger partial charge in [-0.05, 0) is 163 Å². The van der Waals surface area contributed by atoms with E-state index < -0.39 is 5.41 Å². The number of benzene rings is 11. The Morgan fingerprint density at radius 2 is 0.723 bits per heavy atom. The van der Waals surface area contributed by atoms with Gasteiger partial charge < -0.3 is 9.80 Å². The molecule has 1 aliphatic carbocycles. The first-order chi connectivity index (χ1) is 32.1. The largest absolute Gasteiger partial charge is 0.310 e. The zero-order valence-electron chi connectivity index (χ0n) is 35.2. The maximum Gasteiger partial charge on any atom is 0.123 e. The normalized spacial score (nSPS) is 12.6. The summed E-state index contributed by atoms with van der Waals surface area (Å²) in [5, 5.41) is 6.89. The summed E-state index contributed by atoms with van der Waals surface area (Å²) in [6, 6.07) is 82.9. The number of para-hydroxylation sites is 2. The molecule has 0 radical (unpaired) electrons. The van der Waals surface area contributed by atoms with Gasteiger partial charge in [-0.1, -0.05) is 146 Å². The number of rotatable bonds is 8. The predicted molar refractivity (Wildman–Crippen MR) is 266 cm³/mol. The van der Waals surface area contributed by atoms with Crippen LogP contribution in [0.25, 0.3) is 43.4 Å². The first-order valence-electron chi connectivity index (χ1n) is 22.0. The summed E-state index contributed by atoms with van der Waals surface area (Å²) < 4.78 is 28.7. The predicted octanol–water partition coefficient (Wildman–Crippen LogP) is 16.7. The van der Waals surface area contributed by atoms with Crippen molar-refractivity contribution in [2.24, 2.45) is 0 Å². The second kappa shape index (κ2) is 15.5. The SMILES string of the molecule is Fc1ccc(N(c2ccccc2)c2ccc3c4c(ccc3c2)-c2c(c3ccc(N(c5ccccc5)c5ccc(F)cc5)cc3c3ccccc23)C4(c2ccccc2)c2ccccc2)cc1. The second-order valence-corrected chi connectivity index (χ2v) is 16.7. The van der Waals surface area contributed by atoms with E-state index in [0.29, 0.717) is 0 Å². The van der Waals surface area contributed by atoms with Crippen molar-refractivity contribution >= 4 is 66.4 Å². The molecular weight excluding hydrogens is 799 g/mol. The lowest BCUT2D eigenvalue weighted by Crippen LogP contribution is -2.29. The van der Waals surface area contributed by atoms with E-state index in [4.69, 9.17) is 0 Å². The fourth-order valence-electron chi connectivity index (χ4n) is 10.5. The Kier molecular flexibility index (Phi) is 9.13. The van der Waals surface area contributed by atoms with Gasteiger partial charge >= 0.3 is 0 Å². The van der Waals surface area contributed by atoms with Crippen molar-refractivity contribution in [3.05, 3.63) is 277 Å². The molecule has 0 amide bonds. The number of anilines is 6. The zero-order chi connectivity index (χ0) is 43.5. The van der Waals surface area contributed by atoms with E-state index in [1.54, 1.807) is 0 Å². The highest BCUT2D eigenvalue weighted by atomic mass is 19.1. The third-order valence-electron chi connectivity index (χ3n) is 13.2. The van der Waals surface area contributed by atoms with Gasteiger partial charge in [0.15, 0.2) is 0 Å². The Morgan fingerprint density at radius 1 is 0.292 bits per heavy atom. The third kappa shape index (κ3) is 6.13. The Morgan fingerprint density at radius 3 is 1.26 bits per heavy atom. The highest BCUT2D eigenvalue weighted by molar-refractivity contribution is 6.21. The summed E-state index contributed by atoms with van der Waals surface area (Å²) in [5.74, 6) is -0.545. The minimum Gasteiger partial charge on any atom is -0.310 e. The molecular formula is C61H40F2N2. The molecule has 1 aliphatic rings. The van der Waals surface area contributed by atoms with Crippen molar-refractivity contribution in [3.8, 4) is 11.1 Å². The topological polar surface area (TPSA) is 6.48 Å². The number of hydrogen-bond acceptors (Lipinski definition) is 2. The molecule has 0 aromatic heterocycles. The summed E-state index contributed by atoms with van der Waals surface area (Å²) in [6.07, 6.45) is 0. The molecule has 308 valence electrons.